The average Bonchev–Trinajstić information content (AvgIpc) is 2.60. The molecule has 5 nitrogen and oxygen atoms in total. The minimum atomic E-state index is -0.150. The third kappa shape index (κ3) is 5.72. The highest BCUT2D eigenvalue weighted by molar-refractivity contribution is 5.97. The molecule has 0 aromatic heterocycles. The minimum absolute atomic E-state index is 0.131. The number of rotatable bonds is 7. The Hall–Kier alpha value is -2.66. The van der Waals surface area contributed by atoms with Crippen LogP contribution in [0.5, 0.6) is 0 Å². The number of nitrogens with one attached hydrogen (secondary N) is 2. The van der Waals surface area contributed by atoms with Crippen LogP contribution in [0.15, 0.2) is 48.5 Å². The van der Waals surface area contributed by atoms with Gasteiger partial charge >= 0.3 is 0 Å². The van der Waals surface area contributed by atoms with Gasteiger partial charge in [0.25, 0.3) is 11.8 Å². The zero-order valence-electron chi connectivity index (χ0n) is 15.0. The molecule has 2 amide bonds. The van der Waals surface area contributed by atoms with Gasteiger partial charge in [-0.25, -0.2) is 0 Å². The fraction of sp³-hybridized carbons (Fsp3) is 0.300. The lowest BCUT2D eigenvalue weighted by Gasteiger charge is -2.11. The van der Waals surface area contributed by atoms with Gasteiger partial charge in [0.2, 0.25) is 0 Å². The van der Waals surface area contributed by atoms with Crippen LogP contribution in [0.2, 0.25) is 0 Å². The fourth-order valence-corrected chi connectivity index (χ4v) is 2.35. The van der Waals surface area contributed by atoms with E-state index in [0.717, 1.165) is 17.7 Å². The van der Waals surface area contributed by atoms with Crippen molar-refractivity contribution in [3.63, 3.8) is 0 Å². The van der Waals surface area contributed by atoms with Crippen LogP contribution in [-0.4, -0.2) is 43.9 Å². The summed E-state index contributed by atoms with van der Waals surface area (Å²) < 4.78 is 0. The van der Waals surface area contributed by atoms with E-state index in [1.165, 1.54) is 0 Å². The van der Waals surface area contributed by atoms with E-state index in [-0.39, 0.29) is 11.8 Å². The van der Waals surface area contributed by atoms with Crippen LogP contribution in [0, 0.1) is 6.92 Å². The van der Waals surface area contributed by atoms with Gasteiger partial charge in [-0.1, -0.05) is 24.3 Å². The first kappa shape index (κ1) is 18.7. The number of carbonyl (C=O) groups is 2. The van der Waals surface area contributed by atoms with Gasteiger partial charge in [0.05, 0.1) is 0 Å². The van der Waals surface area contributed by atoms with Crippen molar-refractivity contribution >= 4 is 11.8 Å². The molecule has 0 spiro atoms. The molecule has 5 heteroatoms. The number of hydrogen-bond donors (Lipinski definition) is 2. The second-order valence-electron chi connectivity index (χ2n) is 6.25. The Morgan fingerprint density at radius 1 is 0.880 bits per heavy atom. The predicted octanol–water partition coefficient (Wildman–Crippen LogP) is 2.22. The Morgan fingerprint density at radius 2 is 1.44 bits per heavy atom. The Morgan fingerprint density at radius 3 is 2.00 bits per heavy atom. The number of nitrogens with zero attached hydrogens (tertiary/aromatic N) is 1. The van der Waals surface area contributed by atoms with Crippen molar-refractivity contribution in [2.24, 2.45) is 0 Å². The van der Waals surface area contributed by atoms with Crippen LogP contribution >= 0.6 is 0 Å². The third-order valence-corrected chi connectivity index (χ3v) is 3.95. The van der Waals surface area contributed by atoms with Gasteiger partial charge in [0.1, 0.15) is 0 Å². The van der Waals surface area contributed by atoms with E-state index in [9.17, 15) is 9.59 Å². The van der Waals surface area contributed by atoms with Gasteiger partial charge in [0.15, 0.2) is 0 Å². The van der Waals surface area contributed by atoms with Crippen molar-refractivity contribution in [1.82, 2.24) is 15.5 Å². The highest BCUT2D eigenvalue weighted by atomic mass is 16.2. The number of hydrogen-bond acceptors (Lipinski definition) is 3. The standard InChI is InChI=1S/C20H25N3O2/c1-15-6-4-5-7-18(15)14-22-20(25)17-10-8-16(9-11-17)19(24)21-12-13-23(2)3/h4-11H,12-14H2,1-3H3,(H,21,24)(H,22,25). The third-order valence-electron chi connectivity index (χ3n) is 3.95. The molecule has 0 aliphatic rings. The van der Waals surface area contributed by atoms with Crippen molar-refractivity contribution in [2.75, 3.05) is 27.2 Å². The topological polar surface area (TPSA) is 61.4 Å². The second kappa shape index (κ2) is 8.99. The van der Waals surface area contributed by atoms with E-state index in [1.54, 1.807) is 24.3 Å². The van der Waals surface area contributed by atoms with E-state index in [4.69, 9.17) is 0 Å². The summed E-state index contributed by atoms with van der Waals surface area (Å²) in [6, 6.07) is 14.6. The van der Waals surface area contributed by atoms with Crippen molar-refractivity contribution in [1.29, 1.82) is 0 Å². The summed E-state index contributed by atoms with van der Waals surface area (Å²) >= 11 is 0. The van der Waals surface area contributed by atoms with Gasteiger partial charge in [-0.2, -0.15) is 0 Å². The van der Waals surface area contributed by atoms with Crippen LogP contribution < -0.4 is 10.6 Å². The van der Waals surface area contributed by atoms with Gasteiger partial charge in [0, 0.05) is 30.8 Å². The highest BCUT2D eigenvalue weighted by Gasteiger charge is 2.09. The smallest absolute Gasteiger partial charge is 0.251 e. The van der Waals surface area contributed by atoms with Crippen LogP contribution in [0.3, 0.4) is 0 Å². The monoisotopic (exact) mass is 339 g/mol. The summed E-state index contributed by atoms with van der Waals surface area (Å²) in [5, 5.41) is 5.76. The second-order valence-corrected chi connectivity index (χ2v) is 6.25. The molecule has 2 rings (SSSR count). The Balaban J connectivity index is 1.89. The van der Waals surface area contributed by atoms with Crippen LogP contribution in [0.4, 0.5) is 0 Å². The van der Waals surface area contributed by atoms with E-state index in [0.29, 0.717) is 24.2 Å². The first-order valence-electron chi connectivity index (χ1n) is 8.33. The lowest BCUT2D eigenvalue weighted by atomic mass is 10.1. The van der Waals surface area contributed by atoms with Gasteiger partial charge in [-0.3, -0.25) is 9.59 Å². The molecule has 0 fully saturated rings. The number of benzene rings is 2. The maximum atomic E-state index is 12.2. The average molecular weight is 339 g/mol. The molecular weight excluding hydrogens is 314 g/mol. The minimum Gasteiger partial charge on any atom is -0.351 e. The molecule has 2 aromatic carbocycles. The summed E-state index contributed by atoms with van der Waals surface area (Å²) in [6.07, 6.45) is 0. The fourth-order valence-electron chi connectivity index (χ4n) is 2.35. The highest BCUT2D eigenvalue weighted by Crippen LogP contribution is 2.08. The lowest BCUT2D eigenvalue weighted by Crippen LogP contribution is -2.31. The Kier molecular flexibility index (Phi) is 6.71. The van der Waals surface area contributed by atoms with E-state index < -0.39 is 0 Å². The molecular formula is C20H25N3O2. The molecule has 0 aliphatic heterocycles. The molecule has 0 bridgehead atoms. The van der Waals surface area contributed by atoms with Crippen LogP contribution in [-0.2, 0) is 6.54 Å². The quantitative estimate of drug-likeness (QED) is 0.813. The first-order chi connectivity index (χ1) is 12.0. The van der Waals surface area contributed by atoms with E-state index in [1.807, 2.05) is 50.2 Å². The van der Waals surface area contributed by atoms with E-state index >= 15 is 0 Å². The lowest BCUT2D eigenvalue weighted by molar-refractivity contribution is 0.0939. The molecule has 0 unspecified atom stereocenters. The molecule has 0 heterocycles. The Bertz CT molecular complexity index is 724. The molecule has 132 valence electrons. The zero-order chi connectivity index (χ0) is 18.2. The summed E-state index contributed by atoms with van der Waals surface area (Å²) in [5.74, 6) is -0.281. The summed E-state index contributed by atoms with van der Waals surface area (Å²) in [4.78, 5) is 26.3. The van der Waals surface area contributed by atoms with Gasteiger partial charge < -0.3 is 15.5 Å². The van der Waals surface area contributed by atoms with Gasteiger partial charge in [-0.15, -0.1) is 0 Å². The van der Waals surface area contributed by atoms with Gasteiger partial charge in [-0.05, 0) is 56.4 Å². The van der Waals surface area contributed by atoms with Crippen molar-refractivity contribution in [3.05, 3.63) is 70.8 Å². The van der Waals surface area contributed by atoms with Crippen molar-refractivity contribution in [2.45, 2.75) is 13.5 Å². The summed E-state index contributed by atoms with van der Waals surface area (Å²) in [7, 11) is 3.91. The molecule has 25 heavy (non-hydrogen) atoms. The maximum absolute atomic E-state index is 12.2. The largest absolute Gasteiger partial charge is 0.351 e. The van der Waals surface area contributed by atoms with Crippen LogP contribution in [0.1, 0.15) is 31.8 Å². The molecule has 0 atom stereocenters. The molecule has 2 aromatic rings. The molecule has 0 saturated carbocycles. The predicted molar refractivity (Wildman–Crippen MR) is 99.7 cm³/mol. The number of carbonyl (C=O) groups excluding carboxylic acids is 2. The summed E-state index contributed by atoms with van der Waals surface area (Å²) in [6.45, 7) is 3.87. The first-order valence-corrected chi connectivity index (χ1v) is 8.33. The Labute approximate surface area is 149 Å². The molecule has 2 N–H and O–H groups in total. The number of amides is 2. The number of likely N-dealkylation sites (N-methyl/N-ethyl adjacent to an activating group) is 1. The molecule has 0 aliphatic carbocycles. The molecule has 0 saturated heterocycles. The summed E-state index contributed by atoms with van der Waals surface area (Å²) in [5.41, 5.74) is 3.33. The van der Waals surface area contributed by atoms with E-state index in [2.05, 4.69) is 10.6 Å². The van der Waals surface area contributed by atoms with Crippen LogP contribution in [0.25, 0.3) is 0 Å². The molecule has 0 radical (unpaired) electrons. The van der Waals surface area contributed by atoms with Crippen molar-refractivity contribution in [3.8, 4) is 0 Å². The SMILES string of the molecule is Cc1ccccc1CNC(=O)c1ccc(C(=O)NCCN(C)C)cc1. The van der Waals surface area contributed by atoms with Crippen molar-refractivity contribution < 1.29 is 9.59 Å². The normalized spacial score (nSPS) is 10.6. The number of aryl methyl sites for hydroxylation is 1. The maximum Gasteiger partial charge on any atom is 0.251 e. The zero-order valence-corrected chi connectivity index (χ0v) is 15.0.